The lowest BCUT2D eigenvalue weighted by atomic mass is 10.2. The van der Waals surface area contributed by atoms with Gasteiger partial charge in [0.1, 0.15) is 11.8 Å². The highest BCUT2D eigenvalue weighted by atomic mass is 16.1. The topological polar surface area (TPSA) is 91.8 Å². The van der Waals surface area contributed by atoms with Crippen LogP contribution >= 0.6 is 0 Å². The minimum Gasteiger partial charge on any atom is -0.349 e. The van der Waals surface area contributed by atoms with Gasteiger partial charge < -0.3 is 11.1 Å². The first-order chi connectivity index (χ1) is 7.67. The molecular formula is C11H14N4O. The van der Waals surface area contributed by atoms with Crippen LogP contribution in [-0.4, -0.2) is 23.5 Å². The highest BCUT2D eigenvalue weighted by Crippen LogP contribution is 1.98. The van der Waals surface area contributed by atoms with Gasteiger partial charge in [-0.25, -0.2) is 4.98 Å². The maximum absolute atomic E-state index is 11.6. The van der Waals surface area contributed by atoms with Crippen LogP contribution in [0, 0.1) is 11.3 Å². The van der Waals surface area contributed by atoms with Gasteiger partial charge in [-0.1, -0.05) is 6.92 Å². The third-order valence-electron chi connectivity index (χ3n) is 2.17. The largest absolute Gasteiger partial charge is 0.349 e. The van der Waals surface area contributed by atoms with E-state index in [-0.39, 0.29) is 11.9 Å². The second-order valence-corrected chi connectivity index (χ2v) is 3.42. The minimum atomic E-state index is -0.270. The predicted molar refractivity (Wildman–Crippen MR) is 59.6 cm³/mol. The van der Waals surface area contributed by atoms with Crippen molar-refractivity contribution in [3.8, 4) is 6.07 Å². The van der Waals surface area contributed by atoms with Crippen LogP contribution in [0.15, 0.2) is 18.3 Å². The molecule has 16 heavy (non-hydrogen) atoms. The van der Waals surface area contributed by atoms with E-state index in [0.29, 0.717) is 17.8 Å². The number of hydrogen-bond donors (Lipinski definition) is 2. The summed E-state index contributed by atoms with van der Waals surface area (Å²) >= 11 is 0. The molecule has 0 spiro atoms. The first-order valence-corrected chi connectivity index (χ1v) is 5.07. The van der Waals surface area contributed by atoms with Gasteiger partial charge in [0, 0.05) is 18.8 Å². The number of amides is 1. The first-order valence-electron chi connectivity index (χ1n) is 5.07. The second-order valence-electron chi connectivity index (χ2n) is 3.42. The summed E-state index contributed by atoms with van der Waals surface area (Å²) in [5.41, 5.74) is 6.39. The van der Waals surface area contributed by atoms with Gasteiger partial charge in [-0.2, -0.15) is 5.26 Å². The highest BCUT2D eigenvalue weighted by Gasteiger charge is 2.08. The van der Waals surface area contributed by atoms with E-state index in [9.17, 15) is 4.79 Å². The van der Waals surface area contributed by atoms with Gasteiger partial charge in [0.05, 0.1) is 5.56 Å². The van der Waals surface area contributed by atoms with Crippen LogP contribution in [0.1, 0.15) is 29.4 Å². The van der Waals surface area contributed by atoms with Crippen LogP contribution in [0.2, 0.25) is 0 Å². The van der Waals surface area contributed by atoms with Crippen LogP contribution in [0.5, 0.6) is 0 Å². The molecule has 5 heteroatoms. The van der Waals surface area contributed by atoms with Crippen LogP contribution in [0.25, 0.3) is 0 Å². The molecule has 0 aromatic carbocycles. The summed E-state index contributed by atoms with van der Waals surface area (Å²) in [7, 11) is 0. The zero-order valence-electron chi connectivity index (χ0n) is 9.10. The molecular weight excluding hydrogens is 204 g/mol. The molecule has 0 bridgehead atoms. The van der Waals surface area contributed by atoms with E-state index in [4.69, 9.17) is 11.0 Å². The summed E-state index contributed by atoms with van der Waals surface area (Å²) in [5.74, 6) is -0.270. The number of nitriles is 1. The van der Waals surface area contributed by atoms with Crippen molar-refractivity contribution in [3.05, 3.63) is 29.6 Å². The zero-order valence-corrected chi connectivity index (χ0v) is 9.10. The molecule has 0 fully saturated rings. The Hall–Kier alpha value is -1.93. The van der Waals surface area contributed by atoms with Crippen molar-refractivity contribution in [1.82, 2.24) is 10.3 Å². The molecule has 0 aliphatic heterocycles. The smallest absolute Gasteiger partial charge is 0.269 e. The number of aromatic nitrogens is 1. The lowest BCUT2D eigenvalue weighted by molar-refractivity contribution is 0.0946. The van der Waals surface area contributed by atoms with Crippen molar-refractivity contribution in [2.45, 2.75) is 19.4 Å². The van der Waals surface area contributed by atoms with Gasteiger partial charge in [-0.15, -0.1) is 0 Å². The van der Waals surface area contributed by atoms with E-state index >= 15 is 0 Å². The third-order valence-corrected chi connectivity index (χ3v) is 2.17. The van der Waals surface area contributed by atoms with Crippen molar-refractivity contribution in [2.24, 2.45) is 5.73 Å². The van der Waals surface area contributed by atoms with Gasteiger partial charge in [-0.3, -0.25) is 4.79 Å². The molecule has 1 unspecified atom stereocenters. The number of nitrogens with two attached hydrogens (primary N) is 1. The number of pyridine rings is 1. The molecule has 1 rings (SSSR count). The van der Waals surface area contributed by atoms with Crippen LogP contribution in [0.3, 0.4) is 0 Å². The Labute approximate surface area is 94.3 Å². The van der Waals surface area contributed by atoms with Crippen LogP contribution in [-0.2, 0) is 0 Å². The summed E-state index contributed by atoms with van der Waals surface area (Å²) in [4.78, 5) is 15.4. The third kappa shape index (κ3) is 3.33. The van der Waals surface area contributed by atoms with Crippen LogP contribution in [0.4, 0.5) is 0 Å². The number of nitrogens with one attached hydrogen (secondary N) is 1. The van der Waals surface area contributed by atoms with Crippen molar-refractivity contribution >= 4 is 5.91 Å². The van der Waals surface area contributed by atoms with Gasteiger partial charge >= 0.3 is 0 Å². The van der Waals surface area contributed by atoms with Gasteiger partial charge in [0.2, 0.25) is 0 Å². The SMILES string of the molecule is CCC(N)CNC(=O)c1ccc(C#N)cn1. The van der Waals surface area contributed by atoms with Crippen molar-refractivity contribution in [3.63, 3.8) is 0 Å². The molecule has 1 atom stereocenters. The van der Waals surface area contributed by atoms with Gasteiger partial charge in [0.25, 0.3) is 5.91 Å². The van der Waals surface area contributed by atoms with E-state index in [1.165, 1.54) is 12.3 Å². The lowest BCUT2D eigenvalue weighted by Crippen LogP contribution is -2.37. The maximum Gasteiger partial charge on any atom is 0.269 e. The first kappa shape index (κ1) is 12.1. The highest BCUT2D eigenvalue weighted by molar-refractivity contribution is 5.92. The fraction of sp³-hybridized carbons (Fsp3) is 0.364. The number of nitrogens with zero attached hydrogens (tertiary/aromatic N) is 2. The Morgan fingerprint density at radius 3 is 2.94 bits per heavy atom. The fourth-order valence-electron chi connectivity index (χ4n) is 1.05. The van der Waals surface area contributed by atoms with E-state index < -0.39 is 0 Å². The summed E-state index contributed by atoms with van der Waals surface area (Å²) in [6, 6.07) is 4.98. The fourth-order valence-corrected chi connectivity index (χ4v) is 1.05. The summed E-state index contributed by atoms with van der Waals surface area (Å²) in [5, 5.41) is 11.2. The number of hydrogen-bond acceptors (Lipinski definition) is 4. The van der Waals surface area contributed by atoms with E-state index in [1.807, 2.05) is 13.0 Å². The van der Waals surface area contributed by atoms with E-state index in [2.05, 4.69) is 10.3 Å². The van der Waals surface area contributed by atoms with Gasteiger partial charge in [0.15, 0.2) is 0 Å². The molecule has 0 saturated heterocycles. The Morgan fingerprint density at radius 2 is 2.44 bits per heavy atom. The van der Waals surface area contributed by atoms with E-state index in [1.54, 1.807) is 6.07 Å². The minimum absolute atomic E-state index is 0.0395. The normalized spacial score (nSPS) is 11.6. The Morgan fingerprint density at radius 1 is 1.69 bits per heavy atom. The molecule has 84 valence electrons. The molecule has 0 saturated carbocycles. The predicted octanol–water partition coefficient (Wildman–Crippen LogP) is 0.420. The summed E-state index contributed by atoms with van der Waals surface area (Å²) in [6.07, 6.45) is 2.18. The average molecular weight is 218 g/mol. The average Bonchev–Trinajstić information content (AvgIpc) is 2.35. The molecule has 0 aliphatic rings. The molecule has 0 aliphatic carbocycles. The number of rotatable bonds is 4. The molecule has 1 heterocycles. The standard InChI is InChI=1S/C11H14N4O/c1-2-9(13)7-15-11(16)10-4-3-8(5-12)6-14-10/h3-4,6,9H,2,7,13H2,1H3,(H,15,16). The Bertz CT molecular complexity index is 393. The maximum atomic E-state index is 11.6. The lowest BCUT2D eigenvalue weighted by Gasteiger charge is -2.09. The number of carbonyl (C=O) groups is 1. The van der Waals surface area contributed by atoms with Crippen LogP contribution < -0.4 is 11.1 Å². The number of carbonyl (C=O) groups excluding carboxylic acids is 1. The molecule has 1 aromatic rings. The zero-order chi connectivity index (χ0) is 12.0. The molecule has 3 N–H and O–H groups in total. The molecule has 0 radical (unpaired) electrons. The monoisotopic (exact) mass is 218 g/mol. The Balaban J connectivity index is 2.57. The van der Waals surface area contributed by atoms with E-state index in [0.717, 1.165) is 6.42 Å². The molecule has 5 nitrogen and oxygen atoms in total. The molecule has 1 aromatic heterocycles. The second kappa shape index (κ2) is 5.83. The quantitative estimate of drug-likeness (QED) is 0.766. The van der Waals surface area contributed by atoms with Crippen molar-refractivity contribution in [1.29, 1.82) is 5.26 Å². The van der Waals surface area contributed by atoms with Gasteiger partial charge in [-0.05, 0) is 18.6 Å². The summed E-state index contributed by atoms with van der Waals surface area (Å²) in [6.45, 7) is 2.38. The van der Waals surface area contributed by atoms with Crippen molar-refractivity contribution < 1.29 is 4.79 Å². The summed E-state index contributed by atoms with van der Waals surface area (Å²) < 4.78 is 0. The molecule has 1 amide bonds. The van der Waals surface area contributed by atoms with Crippen molar-refractivity contribution in [2.75, 3.05) is 6.54 Å². The Kier molecular flexibility index (Phi) is 4.42.